The Morgan fingerprint density at radius 3 is 2.79 bits per heavy atom. The summed E-state index contributed by atoms with van der Waals surface area (Å²) in [5.41, 5.74) is 2.54. The van der Waals surface area contributed by atoms with Crippen LogP contribution in [-0.4, -0.2) is 19.1 Å². The molecule has 0 saturated carbocycles. The zero-order valence-corrected chi connectivity index (χ0v) is 12.1. The Hall–Kier alpha value is -1.51. The van der Waals surface area contributed by atoms with Crippen LogP contribution in [0.3, 0.4) is 0 Å². The van der Waals surface area contributed by atoms with E-state index in [2.05, 4.69) is 36.5 Å². The van der Waals surface area contributed by atoms with Gasteiger partial charge in [-0.15, -0.1) is 0 Å². The van der Waals surface area contributed by atoms with E-state index in [1.807, 2.05) is 6.92 Å². The zero-order valence-electron chi connectivity index (χ0n) is 12.1. The molecule has 0 saturated heterocycles. The highest BCUT2D eigenvalue weighted by Gasteiger charge is 2.00. The Balaban J connectivity index is 2.08. The first-order valence-corrected chi connectivity index (χ1v) is 7.24. The molecule has 0 aromatic heterocycles. The number of unbranched alkanes of at least 4 members (excludes halogenated alkanes) is 2. The number of anilines is 1. The standard InChI is InChI=1S/C16H25NO2/c1-3-14-9-8-10-15(13-14)17-12-7-5-6-11-16(18)19-4-2/h8-10,13,17H,3-7,11-12H2,1-2H3. The van der Waals surface area contributed by atoms with Gasteiger partial charge in [-0.3, -0.25) is 4.79 Å². The van der Waals surface area contributed by atoms with Gasteiger partial charge in [0.25, 0.3) is 0 Å². The van der Waals surface area contributed by atoms with Gasteiger partial charge in [-0.1, -0.05) is 25.5 Å². The van der Waals surface area contributed by atoms with Gasteiger partial charge >= 0.3 is 5.97 Å². The lowest BCUT2D eigenvalue weighted by molar-refractivity contribution is -0.143. The molecule has 0 atom stereocenters. The molecule has 0 spiro atoms. The van der Waals surface area contributed by atoms with E-state index in [4.69, 9.17) is 4.74 Å². The number of aryl methyl sites for hydroxylation is 1. The number of ether oxygens (including phenoxy) is 1. The molecule has 3 nitrogen and oxygen atoms in total. The van der Waals surface area contributed by atoms with Crippen LogP contribution in [0.2, 0.25) is 0 Å². The van der Waals surface area contributed by atoms with Gasteiger partial charge in [0.2, 0.25) is 0 Å². The lowest BCUT2D eigenvalue weighted by Crippen LogP contribution is -2.05. The SMILES string of the molecule is CCOC(=O)CCCCCNc1cccc(CC)c1. The molecule has 0 aliphatic heterocycles. The van der Waals surface area contributed by atoms with Crippen molar-refractivity contribution in [2.24, 2.45) is 0 Å². The van der Waals surface area contributed by atoms with Gasteiger partial charge in [-0.25, -0.2) is 0 Å². The first-order chi connectivity index (χ1) is 9.26. The Kier molecular flexibility index (Phi) is 7.71. The Morgan fingerprint density at radius 1 is 1.21 bits per heavy atom. The minimum absolute atomic E-state index is 0.0777. The van der Waals surface area contributed by atoms with Gasteiger partial charge in [0.05, 0.1) is 6.61 Å². The predicted octanol–water partition coefficient (Wildman–Crippen LogP) is 3.78. The summed E-state index contributed by atoms with van der Waals surface area (Å²) in [7, 11) is 0. The molecule has 0 aliphatic rings. The van der Waals surface area contributed by atoms with Crippen LogP contribution < -0.4 is 5.32 Å². The second-order valence-electron chi connectivity index (χ2n) is 4.60. The van der Waals surface area contributed by atoms with E-state index in [9.17, 15) is 4.79 Å². The topological polar surface area (TPSA) is 38.3 Å². The number of carbonyl (C=O) groups is 1. The summed E-state index contributed by atoms with van der Waals surface area (Å²) in [6, 6.07) is 8.52. The fourth-order valence-electron chi connectivity index (χ4n) is 1.94. The van der Waals surface area contributed by atoms with Crippen LogP contribution in [-0.2, 0) is 16.0 Å². The van der Waals surface area contributed by atoms with Crippen molar-refractivity contribution in [3.8, 4) is 0 Å². The van der Waals surface area contributed by atoms with Gasteiger partial charge in [0.1, 0.15) is 0 Å². The van der Waals surface area contributed by atoms with Crippen LogP contribution in [0.4, 0.5) is 5.69 Å². The molecule has 1 aromatic carbocycles. The van der Waals surface area contributed by atoms with Gasteiger partial charge < -0.3 is 10.1 Å². The summed E-state index contributed by atoms with van der Waals surface area (Å²) in [5.74, 6) is -0.0777. The van der Waals surface area contributed by atoms with Crippen molar-refractivity contribution in [2.75, 3.05) is 18.5 Å². The molecule has 0 bridgehead atoms. The summed E-state index contributed by atoms with van der Waals surface area (Å²) in [6.07, 6.45) is 4.65. The van der Waals surface area contributed by atoms with Crippen LogP contribution in [0.25, 0.3) is 0 Å². The predicted molar refractivity (Wildman–Crippen MR) is 79.4 cm³/mol. The molecule has 0 fully saturated rings. The number of hydrogen-bond donors (Lipinski definition) is 1. The maximum Gasteiger partial charge on any atom is 0.305 e. The summed E-state index contributed by atoms with van der Waals surface area (Å²) in [5, 5.41) is 3.42. The first kappa shape index (κ1) is 15.5. The second-order valence-corrected chi connectivity index (χ2v) is 4.60. The average molecular weight is 263 g/mol. The van der Waals surface area contributed by atoms with Gasteiger partial charge in [0, 0.05) is 18.7 Å². The van der Waals surface area contributed by atoms with E-state index < -0.39 is 0 Å². The third-order valence-corrected chi connectivity index (χ3v) is 3.03. The van der Waals surface area contributed by atoms with Crippen LogP contribution in [0.5, 0.6) is 0 Å². The Morgan fingerprint density at radius 2 is 2.05 bits per heavy atom. The number of rotatable bonds is 9. The number of hydrogen-bond acceptors (Lipinski definition) is 3. The number of esters is 1. The van der Waals surface area contributed by atoms with E-state index in [0.29, 0.717) is 13.0 Å². The van der Waals surface area contributed by atoms with Crippen molar-refractivity contribution in [3.05, 3.63) is 29.8 Å². The maximum absolute atomic E-state index is 11.1. The molecule has 0 heterocycles. The first-order valence-electron chi connectivity index (χ1n) is 7.24. The van der Waals surface area contributed by atoms with Crippen molar-refractivity contribution < 1.29 is 9.53 Å². The Bertz CT molecular complexity index is 377. The summed E-state index contributed by atoms with van der Waals surface area (Å²) in [6.45, 7) is 5.44. The lowest BCUT2D eigenvalue weighted by atomic mass is 10.1. The molecule has 19 heavy (non-hydrogen) atoms. The largest absolute Gasteiger partial charge is 0.466 e. The summed E-state index contributed by atoms with van der Waals surface area (Å²) in [4.78, 5) is 11.1. The molecule has 3 heteroatoms. The molecule has 106 valence electrons. The van der Waals surface area contributed by atoms with Crippen LogP contribution in [0.1, 0.15) is 45.1 Å². The summed E-state index contributed by atoms with van der Waals surface area (Å²) < 4.78 is 4.89. The van der Waals surface area contributed by atoms with Gasteiger partial charge in [0.15, 0.2) is 0 Å². The molecule has 0 aliphatic carbocycles. The van der Waals surface area contributed by atoms with Crippen molar-refractivity contribution in [1.29, 1.82) is 0 Å². The molecular weight excluding hydrogens is 238 g/mol. The smallest absolute Gasteiger partial charge is 0.305 e. The molecule has 1 N–H and O–H groups in total. The fraction of sp³-hybridized carbons (Fsp3) is 0.562. The maximum atomic E-state index is 11.1. The third kappa shape index (κ3) is 6.85. The number of carbonyl (C=O) groups excluding carboxylic acids is 1. The molecule has 1 rings (SSSR count). The summed E-state index contributed by atoms with van der Waals surface area (Å²) >= 11 is 0. The van der Waals surface area contributed by atoms with E-state index >= 15 is 0 Å². The third-order valence-electron chi connectivity index (χ3n) is 3.03. The van der Waals surface area contributed by atoms with Crippen molar-refractivity contribution in [2.45, 2.75) is 46.0 Å². The highest BCUT2D eigenvalue weighted by molar-refractivity contribution is 5.69. The average Bonchev–Trinajstić information content (AvgIpc) is 2.43. The lowest BCUT2D eigenvalue weighted by Gasteiger charge is -2.07. The Labute approximate surface area is 116 Å². The molecule has 0 unspecified atom stereocenters. The van der Waals surface area contributed by atoms with E-state index in [0.717, 1.165) is 32.2 Å². The number of nitrogens with one attached hydrogen (secondary N) is 1. The normalized spacial score (nSPS) is 10.2. The highest BCUT2D eigenvalue weighted by Crippen LogP contribution is 2.11. The van der Waals surface area contributed by atoms with Crippen LogP contribution in [0, 0.1) is 0 Å². The molecular formula is C16H25NO2. The second kappa shape index (κ2) is 9.42. The van der Waals surface area contributed by atoms with E-state index in [1.165, 1.54) is 11.3 Å². The van der Waals surface area contributed by atoms with Crippen molar-refractivity contribution >= 4 is 11.7 Å². The van der Waals surface area contributed by atoms with Gasteiger partial charge in [-0.05, 0) is 43.9 Å². The highest BCUT2D eigenvalue weighted by atomic mass is 16.5. The van der Waals surface area contributed by atoms with Crippen LogP contribution >= 0.6 is 0 Å². The number of benzene rings is 1. The monoisotopic (exact) mass is 263 g/mol. The van der Waals surface area contributed by atoms with Crippen molar-refractivity contribution in [1.82, 2.24) is 0 Å². The van der Waals surface area contributed by atoms with Crippen molar-refractivity contribution in [3.63, 3.8) is 0 Å². The molecule has 0 amide bonds. The fourth-order valence-corrected chi connectivity index (χ4v) is 1.94. The zero-order chi connectivity index (χ0) is 13.9. The minimum atomic E-state index is -0.0777. The minimum Gasteiger partial charge on any atom is -0.466 e. The van der Waals surface area contributed by atoms with Crippen LogP contribution in [0.15, 0.2) is 24.3 Å². The molecule has 1 aromatic rings. The quantitative estimate of drug-likeness (QED) is 0.544. The van der Waals surface area contributed by atoms with E-state index in [1.54, 1.807) is 0 Å². The van der Waals surface area contributed by atoms with E-state index in [-0.39, 0.29) is 5.97 Å². The van der Waals surface area contributed by atoms with Gasteiger partial charge in [-0.2, -0.15) is 0 Å². The molecule has 0 radical (unpaired) electrons.